The molecule has 1 nitrogen and oxygen atoms in total. The Hall–Kier alpha value is -0.340. The quantitative estimate of drug-likeness (QED) is 0.752. The topological polar surface area (TPSA) is 26.0 Å². The van der Waals surface area contributed by atoms with Gasteiger partial charge >= 0.3 is 0 Å². The molecule has 2 heteroatoms. The molecule has 0 atom stereocenters. The first-order valence-electron chi connectivity index (χ1n) is 5.69. The lowest BCUT2D eigenvalue weighted by Gasteiger charge is -2.21. The predicted molar refractivity (Wildman–Crippen MR) is 60.7 cm³/mol. The Morgan fingerprint density at radius 1 is 1.14 bits per heavy atom. The van der Waals surface area contributed by atoms with Gasteiger partial charge in [0, 0.05) is 9.75 Å². The first kappa shape index (κ1) is 8.93. The molecule has 2 aliphatic carbocycles. The number of hydrogen-bond donors (Lipinski definition) is 1. The monoisotopic (exact) mass is 207 g/mol. The molecule has 0 unspecified atom stereocenters. The van der Waals surface area contributed by atoms with Crippen LogP contribution in [0.15, 0.2) is 6.07 Å². The fourth-order valence-corrected chi connectivity index (χ4v) is 4.24. The van der Waals surface area contributed by atoms with Crippen LogP contribution in [0.1, 0.15) is 47.4 Å². The number of fused-ring (bicyclic) bond motifs is 1. The molecule has 0 amide bonds. The second kappa shape index (κ2) is 3.07. The summed E-state index contributed by atoms with van der Waals surface area (Å²) in [4.78, 5) is 3.09. The van der Waals surface area contributed by atoms with Crippen molar-refractivity contribution in [2.75, 3.05) is 0 Å². The Morgan fingerprint density at radius 3 is 2.64 bits per heavy atom. The minimum absolute atomic E-state index is 0.0506. The first-order valence-corrected chi connectivity index (χ1v) is 6.50. The van der Waals surface area contributed by atoms with E-state index in [0.717, 1.165) is 0 Å². The maximum absolute atomic E-state index is 6.45. The molecule has 1 aromatic heterocycles. The van der Waals surface area contributed by atoms with Gasteiger partial charge < -0.3 is 5.73 Å². The third-order valence-electron chi connectivity index (χ3n) is 3.73. The van der Waals surface area contributed by atoms with Crippen molar-refractivity contribution in [3.8, 4) is 0 Å². The molecule has 1 aromatic rings. The summed E-state index contributed by atoms with van der Waals surface area (Å²) in [6.07, 6.45) is 8.99. The van der Waals surface area contributed by atoms with Crippen molar-refractivity contribution < 1.29 is 0 Å². The summed E-state index contributed by atoms with van der Waals surface area (Å²) in [7, 11) is 0. The fourth-order valence-electron chi connectivity index (χ4n) is 2.83. The Morgan fingerprint density at radius 2 is 1.93 bits per heavy atom. The van der Waals surface area contributed by atoms with Crippen molar-refractivity contribution in [1.82, 2.24) is 0 Å². The zero-order valence-electron chi connectivity index (χ0n) is 8.51. The van der Waals surface area contributed by atoms with Gasteiger partial charge in [-0.3, -0.25) is 0 Å². The van der Waals surface area contributed by atoms with Gasteiger partial charge in [-0.25, -0.2) is 0 Å². The van der Waals surface area contributed by atoms with Crippen LogP contribution in [-0.4, -0.2) is 0 Å². The summed E-state index contributed by atoms with van der Waals surface area (Å²) in [5.74, 6) is 0. The molecule has 0 radical (unpaired) electrons. The van der Waals surface area contributed by atoms with E-state index in [9.17, 15) is 0 Å². The Kier molecular flexibility index (Phi) is 1.96. The minimum atomic E-state index is 0.0506. The van der Waals surface area contributed by atoms with Crippen LogP contribution < -0.4 is 5.73 Å². The summed E-state index contributed by atoms with van der Waals surface area (Å²) < 4.78 is 0. The van der Waals surface area contributed by atoms with Gasteiger partial charge in [0.2, 0.25) is 0 Å². The summed E-state index contributed by atoms with van der Waals surface area (Å²) in [5, 5.41) is 0. The van der Waals surface area contributed by atoms with Gasteiger partial charge in [-0.2, -0.15) is 0 Å². The lowest BCUT2D eigenvalue weighted by atomic mass is 9.96. The Labute approximate surface area is 89.3 Å². The highest BCUT2D eigenvalue weighted by Crippen LogP contribution is 2.42. The van der Waals surface area contributed by atoms with E-state index in [1.807, 2.05) is 11.3 Å². The van der Waals surface area contributed by atoms with E-state index in [1.165, 1.54) is 49.8 Å². The van der Waals surface area contributed by atoms with Crippen molar-refractivity contribution in [3.05, 3.63) is 21.4 Å². The van der Waals surface area contributed by atoms with Crippen LogP contribution >= 0.6 is 11.3 Å². The highest BCUT2D eigenvalue weighted by molar-refractivity contribution is 7.12. The molecule has 0 spiro atoms. The van der Waals surface area contributed by atoms with E-state index in [-0.39, 0.29) is 5.54 Å². The number of rotatable bonds is 1. The Bertz CT molecular complexity index is 326. The Balaban J connectivity index is 1.96. The molecule has 14 heavy (non-hydrogen) atoms. The predicted octanol–water partition coefficient (Wildman–Crippen LogP) is 2.96. The number of hydrogen-bond acceptors (Lipinski definition) is 2. The van der Waals surface area contributed by atoms with Gasteiger partial charge in [0.25, 0.3) is 0 Å². The van der Waals surface area contributed by atoms with Crippen molar-refractivity contribution in [2.24, 2.45) is 5.73 Å². The summed E-state index contributed by atoms with van der Waals surface area (Å²) in [6.45, 7) is 0. The fraction of sp³-hybridized carbons (Fsp3) is 0.667. The zero-order chi connectivity index (χ0) is 9.60. The molecule has 3 rings (SSSR count). The van der Waals surface area contributed by atoms with Gasteiger partial charge in [-0.05, 0) is 43.7 Å². The van der Waals surface area contributed by atoms with E-state index >= 15 is 0 Å². The van der Waals surface area contributed by atoms with E-state index in [1.54, 1.807) is 10.4 Å². The van der Waals surface area contributed by atoms with Crippen molar-refractivity contribution in [2.45, 2.75) is 50.5 Å². The minimum Gasteiger partial charge on any atom is -0.321 e. The molecule has 2 aliphatic rings. The highest BCUT2D eigenvalue weighted by Gasteiger charge is 2.33. The van der Waals surface area contributed by atoms with E-state index in [0.29, 0.717) is 0 Å². The summed E-state index contributed by atoms with van der Waals surface area (Å²) in [6, 6.07) is 2.40. The first-order chi connectivity index (χ1) is 6.78. The zero-order valence-corrected chi connectivity index (χ0v) is 9.33. The van der Waals surface area contributed by atoms with Gasteiger partial charge in [0.1, 0.15) is 0 Å². The van der Waals surface area contributed by atoms with Crippen molar-refractivity contribution in [3.63, 3.8) is 0 Å². The van der Waals surface area contributed by atoms with Crippen LogP contribution in [0.3, 0.4) is 0 Å². The normalized spacial score (nSPS) is 24.1. The van der Waals surface area contributed by atoms with E-state index in [2.05, 4.69) is 6.07 Å². The molecule has 0 aromatic carbocycles. The molecule has 1 saturated carbocycles. The second-order valence-electron chi connectivity index (χ2n) is 4.78. The van der Waals surface area contributed by atoms with Gasteiger partial charge in [-0.1, -0.05) is 12.8 Å². The lowest BCUT2D eigenvalue weighted by molar-refractivity contribution is 0.471. The third-order valence-corrected chi connectivity index (χ3v) is 5.19. The second-order valence-corrected chi connectivity index (χ2v) is 5.91. The van der Waals surface area contributed by atoms with E-state index in [4.69, 9.17) is 5.73 Å². The maximum Gasteiger partial charge on any atom is 0.0503 e. The lowest BCUT2D eigenvalue weighted by Crippen LogP contribution is -2.31. The van der Waals surface area contributed by atoms with Crippen LogP contribution in [0.25, 0.3) is 0 Å². The summed E-state index contributed by atoms with van der Waals surface area (Å²) >= 11 is 1.99. The molecule has 1 fully saturated rings. The number of aryl methyl sites for hydroxylation is 2. The third kappa shape index (κ3) is 1.24. The standard InChI is InChI=1S/C12H17NS/c13-12(6-1-2-7-12)11-8-9-4-3-5-10(9)14-11/h8H,1-7,13H2. The molecule has 0 aliphatic heterocycles. The maximum atomic E-state index is 6.45. The van der Waals surface area contributed by atoms with Crippen LogP contribution in [0.4, 0.5) is 0 Å². The molecule has 0 bridgehead atoms. The van der Waals surface area contributed by atoms with E-state index < -0.39 is 0 Å². The van der Waals surface area contributed by atoms with Crippen LogP contribution in [-0.2, 0) is 18.4 Å². The molecule has 1 heterocycles. The van der Waals surface area contributed by atoms with Gasteiger partial charge in [0.05, 0.1) is 5.54 Å². The molecular weight excluding hydrogens is 190 g/mol. The van der Waals surface area contributed by atoms with Gasteiger partial charge in [0.15, 0.2) is 0 Å². The van der Waals surface area contributed by atoms with Crippen molar-refractivity contribution >= 4 is 11.3 Å². The largest absolute Gasteiger partial charge is 0.321 e. The molecule has 0 saturated heterocycles. The van der Waals surface area contributed by atoms with Crippen LogP contribution in [0.5, 0.6) is 0 Å². The summed E-state index contributed by atoms with van der Waals surface area (Å²) in [5.41, 5.74) is 8.10. The molecule has 76 valence electrons. The smallest absolute Gasteiger partial charge is 0.0503 e. The number of nitrogens with two attached hydrogens (primary N) is 1. The average molecular weight is 207 g/mol. The molecular formula is C12H17NS. The SMILES string of the molecule is NC1(c2cc3c(s2)CCC3)CCCC1. The van der Waals surface area contributed by atoms with Gasteiger partial charge in [-0.15, -0.1) is 11.3 Å². The number of thiophene rings is 1. The van der Waals surface area contributed by atoms with Crippen molar-refractivity contribution in [1.29, 1.82) is 0 Å². The van der Waals surface area contributed by atoms with Crippen LogP contribution in [0.2, 0.25) is 0 Å². The van der Waals surface area contributed by atoms with Crippen LogP contribution in [0, 0.1) is 0 Å². The molecule has 2 N–H and O–H groups in total. The highest BCUT2D eigenvalue weighted by atomic mass is 32.1. The average Bonchev–Trinajstić information content (AvgIpc) is 2.75.